The van der Waals surface area contributed by atoms with Gasteiger partial charge in [-0.1, -0.05) is 6.92 Å². The number of benzene rings is 1. The Morgan fingerprint density at radius 1 is 1.33 bits per heavy atom. The van der Waals surface area contributed by atoms with Crippen molar-refractivity contribution in [3.05, 3.63) is 21.7 Å². The van der Waals surface area contributed by atoms with Crippen LogP contribution in [0, 0.1) is 0 Å². The summed E-state index contributed by atoms with van der Waals surface area (Å²) in [6, 6.07) is 2.08. The van der Waals surface area contributed by atoms with Crippen LogP contribution in [-0.4, -0.2) is 18.8 Å². The van der Waals surface area contributed by atoms with Crippen molar-refractivity contribution in [2.45, 2.75) is 39.2 Å². The molecule has 0 aromatic heterocycles. The van der Waals surface area contributed by atoms with E-state index >= 15 is 0 Å². The lowest BCUT2D eigenvalue weighted by Gasteiger charge is -2.26. The minimum atomic E-state index is -0.229. The molecule has 18 heavy (non-hydrogen) atoms. The van der Waals surface area contributed by atoms with Crippen molar-refractivity contribution in [2.24, 2.45) is 5.73 Å². The van der Waals surface area contributed by atoms with Crippen LogP contribution in [0.5, 0.6) is 11.5 Å². The Kier molecular flexibility index (Phi) is 3.87. The minimum absolute atomic E-state index is 0.229. The lowest BCUT2D eigenvalue weighted by molar-refractivity contribution is 0.170. The Labute approximate surface area is 117 Å². The average molecular weight is 314 g/mol. The predicted molar refractivity (Wildman–Crippen MR) is 76.5 cm³/mol. The highest BCUT2D eigenvalue weighted by Crippen LogP contribution is 2.42. The van der Waals surface area contributed by atoms with E-state index in [1.807, 2.05) is 13.8 Å². The Morgan fingerprint density at radius 2 is 2.00 bits per heavy atom. The van der Waals surface area contributed by atoms with E-state index in [2.05, 4.69) is 28.9 Å². The highest BCUT2D eigenvalue weighted by atomic mass is 79.9. The molecule has 0 saturated heterocycles. The van der Waals surface area contributed by atoms with Crippen LogP contribution in [0.4, 0.5) is 0 Å². The lowest BCUT2D eigenvalue weighted by atomic mass is 9.91. The van der Waals surface area contributed by atoms with Gasteiger partial charge in [0, 0.05) is 5.54 Å². The van der Waals surface area contributed by atoms with Crippen LogP contribution in [0.25, 0.3) is 0 Å². The molecule has 2 N–H and O–H groups in total. The van der Waals surface area contributed by atoms with Gasteiger partial charge in [-0.15, -0.1) is 0 Å². The molecule has 4 heteroatoms. The highest BCUT2D eigenvalue weighted by Gasteiger charge is 2.23. The second-order valence-corrected chi connectivity index (χ2v) is 6.16. The summed E-state index contributed by atoms with van der Waals surface area (Å²) in [5.41, 5.74) is 8.40. The Balaban J connectivity index is 2.48. The molecule has 1 aliphatic rings. The van der Waals surface area contributed by atoms with Gasteiger partial charge >= 0.3 is 0 Å². The molecule has 0 saturated carbocycles. The van der Waals surface area contributed by atoms with Crippen molar-refractivity contribution in [1.82, 2.24) is 0 Å². The van der Waals surface area contributed by atoms with Crippen molar-refractivity contribution >= 4 is 15.9 Å². The molecule has 1 heterocycles. The molecule has 0 bridgehead atoms. The second-order valence-electron chi connectivity index (χ2n) is 5.37. The standard InChI is InChI=1S/C14H20BrNO2/c1-4-10-9(8-14(2,3)16)7-11-13(12(10)15)18-6-5-17-11/h7H,4-6,8,16H2,1-3H3. The van der Waals surface area contributed by atoms with Crippen LogP contribution in [0.2, 0.25) is 0 Å². The number of ether oxygens (including phenoxy) is 2. The van der Waals surface area contributed by atoms with Crippen LogP contribution >= 0.6 is 15.9 Å². The smallest absolute Gasteiger partial charge is 0.175 e. The van der Waals surface area contributed by atoms with Crippen molar-refractivity contribution in [3.8, 4) is 11.5 Å². The molecule has 0 fully saturated rings. The van der Waals surface area contributed by atoms with Crippen molar-refractivity contribution in [1.29, 1.82) is 0 Å². The topological polar surface area (TPSA) is 44.5 Å². The van der Waals surface area contributed by atoms with Gasteiger partial charge in [0.05, 0.1) is 4.47 Å². The van der Waals surface area contributed by atoms with E-state index in [0.29, 0.717) is 13.2 Å². The first kappa shape index (κ1) is 13.7. The maximum atomic E-state index is 6.13. The maximum absolute atomic E-state index is 6.13. The molecule has 0 unspecified atom stereocenters. The summed E-state index contributed by atoms with van der Waals surface area (Å²) >= 11 is 3.64. The van der Waals surface area contributed by atoms with Crippen LogP contribution in [0.3, 0.4) is 0 Å². The summed E-state index contributed by atoms with van der Waals surface area (Å²) in [6.45, 7) is 7.43. The molecule has 3 nitrogen and oxygen atoms in total. The third-order valence-corrected chi connectivity index (χ3v) is 3.81. The van der Waals surface area contributed by atoms with E-state index < -0.39 is 0 Å². The molecule has 100 valence electrons. The Hall–Kier alpha value is -0.740. The highest BCUT2D eigenvalue weighted by molar-refractivity contribution is 9.10. The molecule has 0 radical (unpaired) electrons. The third kappa shape index (κ3) is 2.81. The molecule has 0 atom stereocenters. The van der Waals surface area contributed by atoms with E-state index in [4.69, 9.17) is 15.2 Å². The molecule has 1 aromatic carbocycles. The third-order valence-electron chi connectivity index (χ3n) is 2.97. The first-order chi connectivity index (χ1) is 8.42. The molecule has 2 rings (SSSR count). The van der Waals surface area contributed by atoms with Gasteiger partial charge in [0.1, 0.15) is 13.2 Å². The molecular formula is C14H20BrNO2. The van der Waals surface area contributed by atoms with E-state index in [1.165, 1.54) is 11.1 Å². The first-order valence-corrected chi connectivity index (χ1v) is 7.10. The van der Waals surface area contributed by atoms with Gasteiger partial charge in [-0.2, -0.15) is 0 Å². The molecule has 0 aliphatic carbocycles. The Bertz CT molecular complexity index is 452. The number of rotatable bonds is 3. The van der Waals surface area contributed by atoms with E-state index in [-0.39, 0.29) is 5.54 Å². The van der Waals surface area contributed by atoms with E-state index in [0.717, 1.165) is 28.8 Å². The summed E-state index contributed by atoms with van der Waals surface area (Å²) in [4.78, 5) is 0. The zero-order chi connectivity index (χ0) is 13.3. The van der Waals surface area contributed by atoms with E-state index in [9.17, 15) is 0 Å². The van der Waals surface area contributed by atoms with Crippen molar-refractivity contribution in [3.63, 3.8) is 0 Å². The number of nitrogens with two attached hydrogens (primary N) is 1. The fourth-order valence-corrected chi connectivity index (χ4v) is 3.11. The van der Waals surface area contributed by atoms with Gasteiger partial charge in [-0.05, 0) is 59.8 Å². The van der Waals surface area contributed by atoms with Gasteiger partial charge < -0.3 is 15.2 Å². The quantitative estimate of drug-likeness (QED) is 0.932. The van der Waals surface area contributed by atoms with Gasteiger partial charge in [-0.3, -0.25) is 0 Å². The summed E-state index contributed by atoms with van der Waals surface area (Å²) in [5, 5.41) is 0. The Morgan fingerprint density at radius 3 is 2.61 bits per heavy atom. The summed E-state index contributed by atoms with van der Waals surface area (Å²) in [7, 11) is 0. The predicted octanol–water partition coefficient (Wildman–Crippen LogP) is 3.06. The van der Waals surface area contributed by atoms with Gasteiger partial charge in [-0.25, -0.2) is 0 Å². The number of hydrogen-bond donors (Lipinski definition) is 1. The van der Waals surface area contributed by atoms with Gasteiger partial charge in [0.15, 0.2) is 11.5 Å². The van der Waals surface area contributed by atoms with Crippen LogP contribution < -0.4 is 15.2 Å². The zero-order valence-corrected chi connectivity index (χ0v) is 12.8. The maximum Gasteiger partial charge on any atom is 0.175 e. The second kappa shape index (κ2) is 5.10. The SMILES string of the molecule is CCc1c(CC(C)(C)N)cc2c(c1Br)OCCO2. The monoisotopic (exact) mass is 313 g/mol. The van der Waals surface area contributed by atoms with Crippen LogP contribution in [-0.2, 0) is 12.8 Å². The first-order valence-electron chi connectivity index (χ1n) is 6.31. The van der Waals surface area contributed by atoms with Crippen molar-refractivity contribution in [2.75, 3.05) is 13.2 Å². The molecule has 1 aromatic rings. The van der Waals surface area contributed by atoms with E-state index in [1.54, 1.807) is 0 Å². The van der Waals surface area contributed by atoms with Crippen LogP contribution in [0.1, 0.15) is 31.9 Å². The fourth-order valence-electron chi connectivity index (χ4n) is 2.26. The zero-order valence-electron chi connectivity index (χ0n) is 11.2. The minimum Gasteiger partial charge on any atom is -0.486 e. The van der Waals surface area contributed by atoms with Gasteiger partial charge in [0.2, 0.25) is 0 Å². The molecular weight excluding hydrogens is 294 g/mol. The molecule has 1 aliphatic heterocycles. The fraction of sp³-hybridized carbons (Fsp3) is 0.571. The molecule has 0 amide bonds. The van der Waals surface area contributed by atoms with Gasteiger partial charge in [0.25, 0.3) is 0 Å². The number of halogens is 1. The summed E-state index contributed by atoms with van der Waals surface area (Å²) < 4.78 is 12.4. The lowest BCUT2D eigenvalue weighted by Crippen LogP contribution is -2.35. The number of hydrogen-bond acceptors (Lipinski definition) is 3. The number of fused-ring (bicyclic) bond motifs is 1. The van der Waals surface area contributed by atoms with Crippen LogP contribution in [0.15, 0.2) is 10.5 Å². The summed E-state index contributed by atoms with van der Waals surface area (Å²) in [5.74, 6) is 1.65. The molecule has 0 spiro atoms. The van der Waals surface area contributed by atoms with Crippen molar-refractivity contribution < 1.29 is 9.47 Å². The summed E-state index contributed by atoms with van der Waals surface area (Å²) in [6.07, 6.45) is 1.77. The largest absolute Gasteiger partial charge is 0.486 e. The normalized spacial score (nSPS) is 14.7. The average Bonchev–Trinajstić information content (AvgIpc) is 2.27.